The highest BCUT2D eigenvalue weighted by Crippen LogP contribution is 2.32. The van der Waals surface area contributed by atoms with E-state index in [9.17, 15) is 9.59 Å². The zero-order valence-corrected chi connectivity index (χ0v) is 14.0. The molecule has 5 nitrogen and oxygen atoms in total. The van der Waals surface area contributed by atoms with Gasteiger partial charge in [0.15, 0.2) is 11.6 Å². The molecule has 126 valence electrons. The van der Waals surface area contributed by atoms with Gasteiger partial charge in [-0.15, -0.1) is 0 Å². The summed E-state index contributed by atoms with van der Waals surface area (Å²) < 4.78 is 0. The van der Waals surface area contributed by atoms with Gasteiger partial charge in [0.1, 0.15) is 0 Å². The SMILES string of the molecule is O=C1C(=CC2=CC=C(N3Cc4nccnc4C3)C2)C(=O)c2ccccc21. The predicted octanol–water partition coefficient (Wildman–Crippen LogP) is 3.01. The van der Waals surface area contributed by atoms with E-state index in [0.29, 0.717) is 17.5 Å². The molecule has 5 rings (SSSR count). The second-order valence-corrected chi connectivity index (χ2v) is 6.64. The predicted molar refractivity (Wildman–Crippen MR) is 95.2 cm³/mol. The van der Waals surface area contributed by atoms with Crippen LogP contribution in [0.1, 0.15) is 38.5 Å². The second-order valence-electron chi connectivity index (χ2n) is 6.64. The number of nitrogens with zero attached hydrogens (tertiary/aromatic N) is 3. The number of ketones is 2. The van der Waals surface area contributed by atoms with Crippen molar-refractivity contribution in [2.24, 2.45) is 0 Å². The second kappa shape index (κ2) is 5.59. The van der Waals surface area contributed by atoms with Crippen molar-refractivity contribution in [1.29, 1.82) is 0 Å². The minimum Gasteiger partial charge on any atom is -0.363 e. The fourth-order valence-electron chi connectivity index (χ4n) is 3.72. The van der Waals surface area contributed by atoms with Crippen LogP contribution in [-0.4, -0.2) is 26.4 Å². The van der Waals surface area contributed by atoms with E-state index in [2.05, 4.69) is 20.9 Å². The van der Waals surface area contributed by atoms with Crippen LogP contribution in [0.2, 0.25) is 0 Å². The van der Waals surface area contributed by atoms with E-state index in [1.807, 2.05) is 6.08 Å². The van der Waals surface area contributed by atoms with E-state index in [1.165, 1.54) is 0 Å². The Balaban J connectivity index is 1.34. The van der Waals surface area contributed by atoms with E-state index in [-0.39, 0.29) is 17.1 Å². The number of hydrogen-bond donors (Lipinski definition) is 0. The molecule has 2 heterocycles. The molecule has 26 heavy (non-hydrogen) atoms. The molecule has 0 N–H and O–H groups in total. The van der Waals surface area contributed by atoms with Crippen LogP contribution in [0.25, 0.3) is 0 Å². The molecule has 1 aliphatic heterocycles. The zero-order chi connectivity index (χ0) is 17.7. The first-order valence-corrected chi connectivity index (χ1v) is 8.54. The molecule has 1 aromatic heterocycles. The molecule has 0 saturated carbocycles. The van der Waals surface area contributed by atoms with Crippen molar-refractivity contribution in [2.45, 2.75) is 19.5 Å². The van der Waals surface area contributed by atoms with E-state index >= 15 is 0 Å². The number of rotatable bonds is 2. The Bertz CT molecular complexity index is 1000. The lowest BCUT2D eigenvalue weighted by atomic mass is 10.1. The average Bonchev–Trinajstić information content (AvgIpc) is 3.36. The third-order valence-corrected chi connectivity index (χ3v) is 5.06. The number of allylic oxidation sites excluding steroid dienone is 5. The largest absolute Gasteiger partial charge is 0.363 e. The third kappa shape index (κ3) is 2.24. The van der Waals surface area contributed by atoms with Gasteiger partial charge in [-0.05, 0) is 17.7 Å². The Kier molecular flexibility index (Phi) is 3.22. The molecular weight excluding hydrogens is 326 g/mol. The maximum atomic E-state index is 12.5. The molecule has 0 bridgehead atoms. The van der Waals surface area contributed by atoms with Gasteiger partial charge in [0.2, 0.25) is 0 Å². The molecule has 0 fully saturated rings. The molecule has 2 aromatic rings. The lowest BCUT2D eigenvalue weighted by Gasteiger charge is -2.18. The maximum Gasteiger partial charge on any atom is 0.197 e. The molecule has 5 heteroatoms. The summed E-state index contributed by atoms with van der Waals surface area (Å²) in [6.07, 6.45) is 9.91. The number of aromatic nitrogens is 2. The average molecular weight is 341 g/mol. The Labute approximate surface area is 150 Å². The minimum absolute atomic E-state index is 0.179. The molecule has 3 aliphatic rings. The molecule has 0 radical (unpaired) electrons. The van der Waals surface area contributed by atoms with Crippen molar-refractivity contribution in [3.63, 3.8) is 0 Å². The Morgan fingerprint density at radius 3 is 2.12 bits per heavy atom. The number of carbonyl (C=O) groups excluding carboxylic acids is 2. The monoisotopic (exact) mass is 341 g/mol. The van der Waals surface area contributed by atoms with Crippen LogP contribution in [0.5, 0.6) is 0 Å². The molecule has 2 aliphatic carbocycles. The summed E-state index contributed by atoms with van der Waals surface area (Å²) in [6, 6.07) is 7.00. The molecular formula is C21H15N3O2. The standard InChI is InChI=1S/C21H15N3O2/c25-20-15-3-1-2-4-16(15)21(26)17(20)10-13-5-6-14(9-13)24-11-18-19(12-24)23-8-7-22-18/h1-8,10H,9,11-12H2. The van der Waals surface area contributed by atoms with Crippen molar-refractivity contribution < 1.29 is 9.59 Å². The van der Waals surface area contributed by atoms with E-state index < -0.39 is 0 Å². The van der Waals surface area contributed by atoms with Crippen LogP contribution in [0.4, 0.5) is 0 Å². The highest BCUT2D eigenvalue weighted by molar-refractivity contribution is 6.39. The van der Waals surface area contributed by atoms with Crippen molar-refractivity contribution >= 4 is 11.6 Å². The van der Waals surface area contributed by atoms with Crippen molar-refractivity contribution in [3.05, 3.63) is 94.2 Å². The third-order valence-electron chi connectivity index (χ3n) is 5.06. The fourth-order valence-corrected chi connectivity index (χ4v) is 3.72. The first-order chi connectivity index (χ1) is 12.7. The molecule has 0 saturated heterocycles. The highest BCUT2D eigenvalue weighted by atomic mass is 16.2. The van der Waals surface area contributed by atoms with Gasteiger partial charge < -0.3 is 4.90 Å². The van der Waals surface area contributed by atoms with Gasteiger partial charge in [-0.2, -0.15) is 0 Å². The zero-order valence-electron chi connectivity index (χ0n) is 14.0. The summed E-state index contributed by atoms with van der Waals surface area (Å²) in [4.78, 5) is 36.0. The number of Topliss-reactive ketones (excluding diaryl/α,β-unsaturated/α-hetero) is 2. The van der Waals surface area contributed by atoms with Gasteiger partial charge in [-0.1, -0.05) is 30.3 Å². The highest BCUT2D eigenvalue weighted by Gasteiger charge is 2.33. The first kappa shape index (κ1) is 15.0. The summed E-state index contributed by atoms with van der Waals surface area (Å²) in [5, 5.41) is 0. The normalized spacial score (nSPS) is 18.0. The molecule has 0 spiro atoms. The quantitative estimate of drug-likeness (QED) is 0.621. The first-order valence-electron chi connectivity index (χ1n) is 8.54. The fraction of sp³-hybridized carbons (Fsp3) is 0.143. The van der Waals surface area contributed by atoms with Crippen LogP contribution in [0, 0.1) is 0 Å². The van der Waals surface area contributed by atoms with Crippen LogP contribution >= 0.6 is 0 Å². The lowest BCUT2D eigenvalue weighted by molar-refractivity contribution is 0.0988. The molecule has 0 atom stereocenters. The Morgan fingerprint density at radius 2 is 1.50 bits per heavy atom. The van der Waals surface area contributed by atoms with Crippen molar-refractivity contribution in [2.75, 3.05) is 0 Å². The number of hydrogen-bond acceptors (Lipinski definition) is 5. The summed E-state index contributed by atoms with van der Waals surface area (Å²) >= 11 is 0. The van der Waals surface area contributed by atoms with Crippen LogP contribution in [0.15, 0.2) is 71.7 Å². The summed E-state index contributed by atoms with van der Waals surface area (Å²) in [7, 11) is 0. The molecule has 0 unspecified atom stereocenters. The topological polar surface area (TPSA) is 63.2 Å². The Hall–Kier alpha value is -3.34. The van der Waals surface area contributed by atoms with E-state index in [4.69, 9.17) is 0 Å². The summed E-state index contributed by atoms with van der Waals surface area (Å²) in [5.74, 6) is -0.358. The van der Waals surface area contributed by atoms with Crippen molar-refractivity contribution in [3.8, 4) is 0 Å². The van der Waals surface area contributed by atoms with Gasteiger partial charge in [0, 0.05) is 35.6 Å². The van der Waals surface area contributed by atoms with Gasteiger partial charge in [0.25, 0.3) is 0 Å². The number of benzene rings is 1. The smallest absolute Gasteiger partial charge is 0.197 e. The van der Waals surface area contributed by atoms with Gasteiger partial charge in [-0.3, -0.25) is 19.6 Å². The van der Waals surface area contributed by atoms with Gasteiger partial charge >= 0.3 is 0 Å². The Morgan fingerprint density at radius 1 is 0.885 bits per heavy atom. The lowest BCUT2D eigenvalue weighted by Crippen LogP contribution is -2.15. The van der Waals surface area contributed by atoms with Crippen LogP contribution < -0.4 is 0 Å². The number of fused-ring (bicyclic) bond motifs is 2. The van der Waals surface area contributed by atoms with Crippen LogP contribution in [0.3, 0.4) is 0 Å². The number of carbonyl (C=O) groups is 2. The molecule has 0 amide bonds. The van der Waals surface area contributed by atoms with Crippen LogP contribution in [-0.2, 0) is 13.1 Å². The maximum absolute atomic E-state index is 12.5. The van der Waals surface area contributed by atoms with Crippen molar-refractivity contribution in [1.82, 2.24) is 14.9 Å². The molecule has 1 aromatic carbocycles. The summed E-state index contributed by atoms with van der Waals surface area (Å²) in [5.41, 5.74) is 5.42. The minimum atomic E-state index is -0.179. The van der Waals surface area contributed by atoms with Gasteiger partial charge in [-0.25, -0.2) is 0 Å². The van der Waals surface area contributed by atoms with Gasteiger partial charge in [0.05, 0.1) is 30.1 Å². The van der Waals surface area contributed by atoms with E-state index in [0.717, 1.165) is 35.7 Å². The summed E-state index contributed by atoms with van der Waals surface area (Å²) in [6.45, 7) is 1.49. The van der Waals surface area contributed by atoms with E-state index in [1.54, 1.807) is 42.7 Å².